The summed E-state index contributed by atoms with van der Waals surface area (Å²) in [6.45, 7) is 5.66. The van der Waals surface area contributed by atoms with Gasteiger partial charge in [0.25, 0.3) is 0 Å². The van der Waals surface area contributed by atoms with Crippen molar-refractivity contribution in [3.05, 3.63) is 23.3 Å². The molecule has 0 bridgehead atoms. The molecular weight excluding hydrogens is 308 g/mol. The van der Waals surface area contributed by atoms with Crippen LogP contribution in [0.4, 0.5) is 0 Å². The number of hydrogen-bond donors (Lipinski definition) is 2. The molecular formula is C19H24O5. The molecule has 4 aliphatic rings. The fourth-order valence-electron chi connectivity index (χ4n) is 5.31. The predicted molar refractivity (Wildman–Crippen MR) is 85.9 cm³/mol. The normalized spacial score (nSPS) is 46.3. The van der Waals surface area contributed by atoms with Gasteiger partial charge in [-0.1, -0.05) is 13.0 Å². The molecule has 5 nitrogen and oxygen atoms in total. The van der Waals surface area contributed by atoms with Crippen LogP contribution in [0.25, 0.3) is 0 Å². The second-order valence-electron chi connectivity index (χ2n) is 8.79. The first-order valence-electron chi connectivity index (χ1n) is 8.64. The van der Waals surface area contributed by atoms with Gasteiger partial charge in [-0.3, -0.25) is 4.79 Å². The maximum Gasteiger partial charge on any atom is 0.339 e. The average Bonchev–Trinajstić information content (AvgIpc) is 2.76. The molecule has 0 aromatic rings. The Kier molecular flexibility index (Phi) is 2.93. The van der Waals surface area contributed by atoms with Crippen LogP contribution in [0.3, 0.4) is 0 Å². The van der Waals surface area contributed by atoms with Crippen LogP contribution in [-0.4, -0.2) is 38.8 Å². The molecule has 1 heterocycles. The quantitative estimate of drug-likeness (QED) is 0.661. The number of cyclic esters (lactones) is 1. The third-order valence-corrected chi connectivity index (χ3v) is 6.65. The van der Waals surface area contributed by atoms with Gasteiger partial charge < -0.3 is 14.9 Å². The van der Waals surface area contributed by atoms with E-state index in [1.807, 2.05) is 6.08 Å². The molecule has 0 spiro atoms. The third-order valence-electron chi connectivity index (χ3n) is 6.65. The number of hydrogen-bond acceptors (Lipinski definition) is 5. The van der Waals surface area contributed by atoms with Gasteiger partial charge in [-0.05, 0) is 50.3 Å². The van der Waals surface area contributed by atoms with E-state index in [1.165, 1.54) is 0 Å². The summed E-state index contributed by atoms with van der Waals surface area (Å²) < 4.78 is 5.40. The minimum Gasteiger partial charge on any atom is -0.457 e. The van der Waals surface area contributed by atoms with E-state index in [4.69, 9.17) is 4.74 Å². The van der Waals surface area contributed by atoms with Gasteiger partial charge in [-0.15, -0.1) is 0 Å². The summed E-state index contributed by atoms with van der Waals surface area (Å²) in [5, 5.41) is 22.4. The van der Waals surface area contributed by atoms with Crippen LogP contribution in [0.2, 0.25) is 0 Å². The van der Waals surface area contributed by atoms with Gasteiger partial charge in [0, 0.05) is 24.2 Å². The highest BCUT2D eigenvalue weighted by Crippen LogP contribution is 2.58. The predicted octanol–water partition coefficient (Wildman–Crippen LogP) is 1.82. The van der Waals surface area contributed by atoms with E-state index in [0.717, 1.165) is 11.1 Å². The van der Waals surface area contributed by atoms with E-state index in [2.05, 4.69) is 6.92 Å². The largest absolute Gasteiger partial charge is 0.457 e. The summed E-state index contributed by atoms with van der Waals surface area (Å²) >= 11 is 0. The standard InChI is InChI=1S/C19H24O5/c1-16(2)14-5-4-12-13-8-11(20)9-17(13,3)6-7-18(12,22)10-19(14,23)15(21)24-16/h4,8,14,22-23H,5-7,9-10H2,1-3H3/t14-,17?,18-,19+/m0/s1. The SMILES string of the molecule is CC12CC[C@]3(O)C[C@]4(O)C(=O)OC(C)(C)[C@@H]4CC=C3C1=CC(=O)C2. The van der Waals surface area contributed by atoms with Crippen molar-refractivity contribution in [1.29, 1.82) is 0 Å². The molecule has 24 heavy (non-hydrogen) atoms. The van der Waals surface area contributed by atoms with Crippen molar-refractivity contribution >= 4 is 11.8 Å². The summed E-state index contributed by atoms with van der Waals surface area (Å²) in [5.41, 5.74) is -2.39. The number of rotatable bonds is 0. The van der Waals surface area contributed by atoms with E-state index in [-0.39, 0.29) is 17.6 Å². The van der Waals surface area contributed by atoms with Crippen molar-refractivity contribution in [2.24, 2.45) is 11.3 Å². The highest BCUT2D eigenvalue weighted by atomic mass is 16.6. The van der Waals surface area contributed by atoms with E-state index in [1.54, 1.807) is 19.9 Å². The summed E-state index contributed by atoms with van der Waals surface area (Å²) in [5.74, 6) is -0.977. The molecule has 5 heteroatoms. The minimum absolute atomic E-state index is 0.0691. The lowest BCUT2D eigenvalue weighted by molar-refractivity contribution is -0.162. The first kappa shape index (κ1) is 16.0. The molecule has 0 radical (unpaired) electrons. The highest BCUT2D eigenvalue weighted by molar-refractivity contribution is 5.96. The Morgan fingerprint density at radius 1 is 1.12 bits per heavy atom. The first-order valence-corrected chi connectivity index (χ1v) is 8.64. The van der Waals surface area contributed by atoms with Crippen LogP contribution in [-0.2, 0) is 14.3 Å². The summed E-state index contributed by atoms with van der Waals surface area (Å²) in [6.07, 6.45) is 5.50. The molecule has 0 aromatic heterocycles. The van der Waals surface area contributed by atoms with E-state index in [9.17, 15) is 19.8 Å². The lowest BCUT2D eigenvalue weighted by atomic mass is 9.62. The second kappa shape index (κ2) is 4.38. The second-order valence-corrected chi connectivity index (χ2v) is 8.79. The van der Waals surface area contributed by atoms with Crippen LogP contribution < -0.4 is 0 Å². The lowest BCUT2D eigenvalue weighted by Gasteiger charge is -2.45. The first-order chi connectivity index (χ1) is 11.0. The number of aliphatic hydroxyl groups is 2. The van der Waals surface area contributed by atoms with E-state index < -0.39 is 28.7 Å². The van der Waals surface area contributed by atoms with Crippen molar-refractivity contribution in [1.82, 2.24) is 0 Å². The van der Waals surface area contributed by atoms with Gasteiger partial charge in [-0.2, -0.15) is 0 Å². The Balaban J connectivity index is 1.83. The maximum atomic E-state index is 12.4. The zero-order chi connectivity index (χ0) is 17.5. The molecule has 1 saturated heterocycles. The Hall–Kier alpha value is -1.46. The molecule has 4 atom stereocenters. The van der Waals surface area contributed by atoms with Gasteiger partial charge >= 0.3 is 5.97 Å². The molecule has 2 fully saturated rings. The zero-order valence-corrected chi connectivity index (χ0v) is 14.4. The Morgan fingerprint density at radius 3 is 2.54 bits per heavy atom. The number of carbonyl (C=O) groups is 2. The molecule has 1 unspecified atom stereocenters. The van der Waals surface area contributed by atoms with Gasteiger partial charge in [-0.25, -0.2) is 4.79 Å². The Labute approximate surface area is 141 Å². The van der Waals surface area contributed by atoms with Gasteiger partial charge in [0.1, 0.15) is 5.60 Å². The van der Waals surface area contributed by atoms with Crippen molar-refractivity contribution in [3.63, 3.8) is 0 Å². The van der Waals surface area contributed by atoms with Gasteiger partial charge in [0.05, 0.1) is 5.60 Å². The molecule has 0 aromatic carbocycles. The number of allylic oxidation sites excluding steroid dienone is 2. The smallest absolute Gasteiger partial charge is 0.339 e. The van der Waals surface area contributed by atoms with E-state index in [0.29, 0.717) is 25.7 Å². The Morgan fingerprint density at radius 2 is 1.83 bits per heavy atom. The van der Waals surface area contributed by atoms with Crippen LogP contribution in [0.5, 0.6) is 0 Å². The fourth-order valence-corrected chi connectivity index (χ4v) is 5.31. The summed E-state index contributed by atoms with van der Waals surface area (Å²) in [4.78, 5) is 24.4. The third kappa shape index (κ3) is 1.88. The number of fused-ring (bicyclic) bond motifs is 4. The molecule has 1 aliphatic heterocycles. The molecule has 130 valence electrons. The number of ether oxygens (including phenoxy) is 1. The molecule has 2 N–H and O–H groups in total. The van der Waals surface area contributed by atoms with Crippen molar-refractivity contribution in [3.8, 4) is 0 Å². The van der Waals surface area contributed by atoms with Crippen molar-refractivity contribution < 1.29 is 24.5 Å². The van der Waals surface area contributed by atoms with Crippen molar-refractivity contribution in [2.75, 3.05) is 0 Å². The summed E-state index contributed by atoms with van der Waals surface area (Å²) in [7, 11) is 0. The average molecular weight is 332 g/mol. The van der Waals surface area contributed by atoms with Crippen LogP contribution >= 0.6 is 0 Å². The van der Waals surface area contributed by atoms with Crippen LogP contribution in [0, 0.1) is 11.3 Å². The maximum absolute atomic E-state index is 12.4. The van der Waals surface area contributed by atoms with Crippen LogP contribution in [0.15, 0.2) is 23.3 Å². The topological polar surface area (TPSA) is 83.8 Å². The zero-order valence-electron chi connectivity index (χ0n) is 14.4. The molecule has 0 amide bonds. The van der Waals surface area contributed by atoms with Crippen molar-refractivity contribution in [2.45, 2.75) is 69.7 Å². The number of carbonyl (C=O) groups excluding carboxylic acids is 2. The van der Waals surface area contributed by atoms with Gasteiger partial charge in [0.15, 0.2) is 11.4 Å². The molecule has 1 saturated carbocycles. The highest BCUT2D eigenvalue weighted by Gasteiger charge is 2.65. The van der Waals surface area contributed by atoms with Gasteiger partial charge in [0.2, 0.25) is 0 Å². The molecule has 4 rings (SSSR count). The van der Waals surface area contributed by atoms with E-state index >= 15 is 0 Å². The minimum atomic E-state index is -1.69. The number of ketones is 1. The monoisotopic (exact) mass is 332 g/mol. The van der Waals surface area contributed by atoms with Crippen LogP contribution in [0.1, 0.15) is 52.9 Å². The number of esters is 1. The molecule has 3 aliphatic carbocycles. The Bertz CT molecular complexity index is 717. The fraction of sp³-hybridized carbons (Fsp3) is 0.684. The summed E-state index contributed by atoms with van der Waals surface area (Å²) in [6, 6.07) is 0. The lowest BCUT2D eigenvalue weighted by Crippen LogP contribution is -2.51.